The standard InChI is InChI=1S/C12H11NO3/c1-8-7-13-12(16-8)9-2-3-10-11(6-9)15-5-4-14-10/h2-3,6-7H,4-5H2,1H3. The number of nitrogens with zero attached hydrogens (tertiary/aromatic N) is 1. The summed E-state index contributed by atoms with van der Waals surface area (Å²) in [5, 5.41) is 0. The number of benzene rings is 1. The molecule has 0 unspecified atom stereocenters. The third-order valence-corrected chi connectivity index (χ3v) is 2.41. The second kappa shape index (κ2) is 3.56. The van der Waals surface area contributed by atoms with E-state index in [1.54, 1.807) is 6.20 Å². The monoisotopic (exact) mass is 217 g/mol. The van der Waals surface area contributed by atoms with Gasteiger partial charge in [0.15, 0.2) is 11.5 Å². The van der Waals surface area contributed by atoms with Gasteiger partial charge in [-0.15, -0.1) is 0 Å². The van der Waals surface area contributed by atoms with Gasteiger partial charge in [0.05, 0.1) is 6.20 Å². The third-order valence-electron chi connectivity index (χ3n) is 2.41. The first kappa shape index (κ1) is 9.27. The van der Waals surface area contributed by atoms with Crippen LogP contribution in [-0.2, 0) is 0 Å². The topological polar surface area (TPSA) is 44.5 Å². The second-order valence-corrected chi connectivity index (χ2v) is 3.63. The number of aromatic nitrogens is 1. The van der Waals surface area contributed by atoms with Crippen LogP contribution in [0.4, 0.5) is 0 Å². The van der Waals surface area contributed by atoms with E-state index in [0.29, 0.717) is 19.1 Å². The molecule has 4 nitrogen and oxygen atoms in total. The van der Waals surface area contributed by atoms with Crippen molar-refractivity contribution in [2.45, 2.75) is 6.92 Å². The molecule has 4 heteroatoms. The van der Waals surface area contributed by atoms with Crippen molar-refractivity contribution in [1.82, 2.24) is 4.98 Å². The van der Waals surface area contributed by atoms with Crippen LogP contribution in [0.15, 0.2) is 28.8 Å². The minimum Gasteiger partial charge on any atom is -0.486 e. The third kappa shape index (κ3) is 1.52. The summed E-state index contributed by atoms with van der Waals surface area (Å²) in [6, 6.07) is 5.68. The van der Waals surface area contributed by atoms with E-state index in [0.717, 1.165) is 22.8 Å². The molecule has 0 radical (unpaired) electrons. The Morgan fingerprint density at radius 3 is 2.69 bits per heavy atom. The summed E-state index contributed by atoms with van der Waals surface area (Å²) < 4.78 is 16.4. The number of aryl methyl sites for hydroxylation is 1. The van der Waals surface area contributed by atoms with Crippen LogP contribution in [0.5, 0.6) is 11.5 Å². The minimum absolute atomic E-state index is 0.584. The first-order chi connectivity index (χ1) is 7.83. The molecule has 1 aliphatic rings. The summed E-state index contributed by atoms with van der Waals surface area (Å²) in [6.45, 7) is 3.06. The zero-order valence-electron chi connectivity index (χ0n) is 8.90. The van der Waals surface area contributed by atoms with Crippen LogP contribution >= 0.6 is 0 Å². The Morgan fingerprint density at radius 1 is 1.12 bits per heavy atom. The number of rotatable bonds is 1. The smallest absolute Gasteiger partial charge is 0.226 e. The van der Waals surface area contributed by atoms with E-state index in [-0.39, 0.29) is 0 Å². The van der Waals surface area contributed by atoms with Crippen LogP contribution in [0, 0.1) is 6.92 Å². The van der Waals surface area contributed by atoms with Crippen molar-refractivity contribution < 1.29 is 13.9 Å². The summed E-state index contributed by atoms with van der Waals surface area (Å²) in [5.74, 6) is 2.93. The lowest BCUT2D eigenvalue weighted by Crippen LogP contribution is -2.15. The van der Waals surface area contributed by atoms with E-state index in [4.69, 9.17) is 13.9 Å². The number of hydrogen-bond acceptors (Lipinski definition) is 4. The summed E-state index contributed by atoms with van der Waals surface area (Å²) in [6.07, 6.45) is 1.70. The molecular weight excluding hydrogens is 206 g/mol. The highest BCUT2D eigenvalue weighted by Gasteiger charge is 2.14. The van der Waals surface area contributed by atoms with E-state index < -0.39 is 0 Å². The molecule has 0 spiro atoms. The fourth-order valence-electron chi connectivity index (χ4n) is 1.66. The molecule has 0 aliphatic carbocycles. The fraction of sp³-hybridized carbons (Fsp3) is 0.250. The second-order valence-electron chi connectivity index (χ2n) is 3.63. The summed E-state index contributed by atoms with van der Waals surface area (Å²) >= 11 is 0. The van der Waals surface area contributed by atoms with E-state index >= 15 is 0 Å². The molecule has 1 aromatic carbocycles. The van der Waals surface area contributed by atoms with Crippen LogP contribution in [-0.4, -0.2) is 18.2 Å². The maximum absolute atomic E-state index is 5.50. The van der Waals surface area contributed by atoms with Gasteiger partial charge in [-0.2, -0.15) is 0 Å². The van der Waals surface area contributed by atoms with Gasteiger partial charge in [0.25, 0.3) is 0 Å². The van der Waals surface area contributed by atoms with Gasteiger partial charge in [0.2, 0.25) is 5.89 Å². The molecule has 0 fully saturated rings. The van der Waals surface area contributed by atoms with Crippen molar-refractivity contribution in [2.24, 2.45) is 0 Å². The van der Waals surface area contributed by atoms with Crippen molar-refractivity contribution in [1.29, 1.82) is 0 Å². The molecule has 1 aromatic heterocycles. The summed E-state index contributed by atoms with van der Waals surface area (Å²) in [4.78, 5) is 4.17. The van der Waals surface area contributed by atoms with Crippen molar-refractivity contribution in [2.75, 3.05) is 13.2 Å². The SMILES string of the molecule is Cc1cnc(-c2ccc3c(c2)OCCO3)o1. The molecule has 0 saturated carbocycles. The molecule has 1 aliphatic heterocycles. The maximum Gasteiger partial charge on any atom is 0.226 e. The van der Waals surface area contributed by atoms with Gasteiger partial charge in [0.1, 0.15) is 19.0 Å². The zero-order chi connectivity index (χ0) is 11.0. The van der Waals surface area contributed by atoms with Crippen molar-refractivity contribution in [3.8, 4) is 23.0 Å². The minimum atomic E-state index is 0.584. The molecule has 82 valence electrons. The van der Waals surface area contributed by atoms with Crippen LogP contribution in [0.3, 0.4) is 0 Å². The highest BCUT2D eigenvalue weighted by Crippen LogP contribution is 2.34. The molecule has 3 rings (SSSR count). The van der Waals surface area contributed by atoms with E-state index in [9.17, 15) is 0 Å². The van der Waals surface area contributed by atoms with Crippen molar-refractivity contribution in [3.63, 3.8) is 0 Å². The Balaban J connectivity index is 2.02. The molecular formula is C12H11NO3. The molecule has 0 N–H and O–H groups in total. The molecule has 0 bridgehead atoms. The Labute approximate surface area is 92.8 Å². The fourth-order valence-corrected chi connectivity index (χ4v) is 1.66. The highest BCUT2D eigenvalue weighted by atomic mass is 16.6. The normalized spacial score (nSPS) is 13.8. The Morgan fingerprint density at radius 2 is 1.94 bits per heavy atom. The number of oxazole rings is 1. The van der Waals surface area contributed by atoms with Gasteiger partial charge in [-0.25, -0.2) is 4.98 Å². The lowest BCUT2D eigenvalue weighted by atomic mass is 10.2. The quantitative estimate of drug-likeness (QED) is 0.735. The van der Waals surface area contributed by atoms with Crippen LogP contribution < -0.4 is 9.47 Å². The average Bonchev–Trinajstić information content (AvgIpc) is 2.75. The number of fused-ring (bicyclic) bond motifs is 1. The summed E-state index contributed by atoms with van der Waals surface area (Å²) in [5.41, 5.74) is 0.900. The molecule has 2 heterocycles. The van der Waals surface area contributed by atoms with Gasteiger partial charge >= 0.3 is 0 Å². The van der Waals surface area contributed by atoms with Crippen molar-refractivity contribution in [3.05, 3.63) is 30.2 Å². The predicted octanol–water partition coefficient (Wildman–Crippen LogP) is 2.42. The Kier molecular flexibility index (Phi) is 2.06. The van der Waals surface area contributed by atoms with Gasteiger partial charge in [-0.3, -0.25) is 0 Å². The van der Waals surface area contributed by atoms with Crippen LogP contribution in [0.25, 0.3) is 11.5 Å². The number of ether oxygens (including phenoxy) is 2. The molecule has 16 heavy (non-hydrogen) atoms. The van der Waals surface area contributed by atoms with Gasteiger partial charge in [-0.05, 0) is 25.1 Å². The van der Waals surface area contributed by atoms with E-state index in [2.05, 4.69) is 4.98 Å². The lowest BCUT2D eigenvalue weighted by molar-refractivity contribution is 0.171. The Hall–Kier alpha value is -1.97. The van der Waals surface area contributed by atoms with Gasteiger partial charge in [-0.1, -0.05) is 0 Å². The molecule has 0 saturated heterocycles. The Bertz CT molecular complexity index is 519. The largest absolute Gasteiger partial charge is 0.486 e. The summed E-state index contributed by atoms with van der Waals surface area (Å²) in [7, 11) is 0. The maximum atomic E-state index is 5.50. The van der Waals surface area contributed by atoms with E-state index in [1.165, 1.54) is 0 Å². The predicted molar refractivity (Wildman–Crippen MR) is 57.7 cm³/mol. The lowest BCUT2D eigenvalue weighted by Gasteiger charge is -2.18. The van der Waals surface area contributed by atoms with Crippen LogP contribution in [0.1, 0.15) is 5.76 Å². The van der Waals surface area contributed by atoms with Gasteiger partial charge in [0, 0.05) is 5.56 Å². The van der Waals surface area contributed by atoms with Crippen molar-refractivity contribution >= 4 is 0 Å². The first-order valence-electron chi connectivity index (χ1n) is 5.15. The first-order valence-corrected chi connectivity index (χ1v) is 5.15. The van der Waals surface area contributed by atoms with Crippen LogP contribution in [0.2, 0.25) is 0 Å². The average molecular weight is 217 g/mol. The molecule has 0 atom stereocenters. The number of hydrogen-bond donors (Lipinski definition) is 0. The molecule has 0 amide bonds. The zero-order valence-corrected chi connectivity index (χ0v) is 8.90. The van der Waals surface area contributed by atoms with Gasteiger partial charge < -0.3 is 13.9 Å². The van der Waals surface area contributed by atoms with E-state index in [1.807, 2.05) is 25.1 Å². The molecule has 2 aromatic rings. The highest BCUT2D eigenvalue weighted by molar-refractivity contribution is 5.60.